The first-order chi connectivity index (χ1) is 13.3. The summed E-state index contributed by atoms with van der Waals surface area (Å²) in [6.45, 7) is 1.53. The molecule has 0 saturated carbocycles. The zero-order chi connectivity index (χ0) is 18.5. The summed E-state index contributed by atoms with van der Waals surface area (Å²) in [6.07, 6.45) is 2.85. The second-order valence-electron chi connectivity index (χ2n) is 6.31. The van der Waals surface area contributed by atoms with E-state index in [4.69, 9.17) is 4.74 Å². The lowest BCUT2D eigenvalue weighted by Crippen LogP contribution is -2.17. The Morgan fingerprint density at radius 3 is 2.63 bits per heavy atom. The Morgan fingerprint density at radius 1 is 0.963 bits per heavy atom. The van der Waals surface area contributed by atoms with Crippen LogP contribution in [-0.4, -0.2) is 33.7 Å². The maximum absolute atomic E-state index is 5.41. The van der Waals surface area contributed by atoms with Crippen molar-refractivity contribution in [3.8, 4) is 16.9 Å². The van der Waals surface area contributed by atoms with Crippen LogP contribution in [0.3, 0.4) is 0 Å². The molecule has 0 fully saturated rings. The van der Waals surface area contributed by atoms with Crippen LogP contribution in [0.2, 0.25) is 0 Å². The van der Waals surface area contributed by atoms with Crippen molar-refractivity contribution in [1.29, 1.82) is 0 Å². The van der Waals surface area contributed by atoms with E-state index in [0.29, 0.717) is 6.54 Å². The van der Waals surface area contributed by atoms with Crippen LogP contribution in [0.15, 0.2) is 66.9 Å². The molecule has 2 heterocycles. The van der Waals surface area contributed by atoms with Gasteiger partial charge in [-0.05, 0) is 46.7 Å². The van der Waals surface area contributed by atoms with Crippen molar-refractivity contribution in [2.75, 3.05) is 13.7 Å². The normalized spacial score (nSPS) is 11.0. The zero-order valence-corrected chi connectivity index (χ0v) is 15.2. The Kier molecular flexibility index (Phi) is 5.07. The minimum absolute atomic E-state index is 0.694. The number of methoxy groups -OCH3 is 1. The SMILES string of the molecule is COc1ccccc1CCNCc1cc(-c2ccccc2)cn2nnnc12. The fraction of sp³-hybridized carbons (Fsp3) is 0.190. The number of benzene rings is 2. The van der Waals surface area contributed by atoms with Crippen LogP contribution in [0.25, 0.3) is 16.8 Å². The summed E-state index contributed by atoms with van der Waals surface area (Å²) >= 11 is 0. The first-order valence-corrected chi connectivity index (χ1v) is 8.94. The lowest BCUT2D eigenvalue weighted by Gasteiger charge is -2.10. The average Bonchev–Trinajstić information content (AvgIpc) is 3.21. The summed E-state index contributed by atoms with van der Waals surface area (Å²) in [5.41, 5.74) is 5.28. The van der Waals surface area contributed by atoms with Crippen molar-refractivity contribution in [3.05, 3.63) is 78.0 Å². The average molecular weight is 359 g/mol. The van der Waals surface area contributed by atoms with Gasteiger partial charge >= 0.3 is 0 Å². The minimum Gasteiger partial charge on any atom is -0.496 e. The minimum atomic E-state index is 0.694. The molecule has 27 heavy (non-hydrogen) atoms. The van der Waals surface area contributed by atoms with Gasteiger partial charge in [0.05, 0.1) is 7.11 Å². The van der Waals surface area contributed by atoms with Gasteiger partial charge in [0.1, 0.15) is 5.75 Å². The molecule has 1 N–H and O–H groups in total. The Labute approximate surface area is 157 Å². The van der Waals surface area contributed by atoms with Gasteiger partial charge in [0.25, 0.3) is 0 Å². The quantitative estimate of drug-likeness (QED) is 0.514. The molecule has 4 aromatic rings. The molecule has 2 aromatic carbocycles. The van der Waals surface area contributed by atoms with Crippen LogP contribution in [0.4, 0.5) is 0 Å². The molecule has 0 aliphatic heterocycles. The molecular formula is C21H21N5O. The molecule has 0 aliphatic rings. The van der Waals surface area contributed by atoms with Gasteiger partial charge in [-0.25, -0.2) is 0 Å². The molecule has 0 atom stereocenters. The molecular weight excluding hydrogens is 338 g/mol. The van der Waals surface area contributed by atoms with Gasteiger partial charge < -0.3 is 10.1 Å². The monoisotopic (exact) mass is 359 g/mol. The van der Waals surface area contributed by atoms with Crippen molar-refractivity contribution in [3.63, 3.8) is 0 Å². The number of rotatable bonds is 7. The Hall–Kier alpha value is -3.25. The third-order valence-corrected chi connectivity index (χ3v) is 4.56. The first-order valence-electron chi connectivity index (χ1n) is 8.94. The highest BCUT2D eigenvalue weighted by Crippen LogP contribution is 2.22. The first kappa shape index (κ1) is 17.2. The second-order valence-corrected chi connectivity index (χ2v) is 6.31. The lowest BCUT2D eigenvalue weighted by atomic mass is 10.1. The molecule has 0 aliphatic carbocycles. The number of hydrogen-bond donors (Lipinski definition) is 1. The number of aromatic nitrogens is 4. The Bertz CT molecular complexity index is 1030. The molecule has 0 bridgehead atoms. The van der Waals surface area contributed by atoms with E-state index in [1.165, 1.54) is 5.56 Å². The highest BCUT2D eigenvalue weighted by atomic mass is 16.5. The molecule has 0 unspecified atom stereocenters. The van der Waals surface area contributed by atoms with Crippen molar-refractivity contribution in [1.82, 2.24) is 25.4 Å². The van der Waals surface area contributed by atoms with E-state index < -0.39 is 0 Å². The molecule has 136 valence electrons. The van der Waals surface area contributed by atoms with E-state index in [1.54, 1.807) is 11.6 Å². The number of nitrogens with zero attached hydrogens (tertiary/aromatic N) is 4. The van der Waals surface area contributed by atoms with Gasteiger partial charge in [0.15, 0.2) is 5.65 Å². The predicted molar refractivity (Wildman–Crippen MR) is 105 cm³/mol. The highest BCUT2D eigenvalue weighted by molar-refractivity contribution is 5.66. The molecule has 0 saturated heterocycles. The van der Waals surface area contributed by atoms with Crippen LogP contribution in [0, 0.1) is 0 Å². The fourth-order valence-corrected chi connectivity index (χ4v) is 3.19. The molecule has 4 rings (SSSR count). The number of fused-ring (bicyclic) bond motifs is 1. The van der Waals surface area contributed by atoms with Gasteiger partial charge in [-0.2, -0.15) is 4.52 Å². The molecule has 6 nitrogen and oxygen atoms in total. The summed E-state index contributed by atoms with van der Waals surface area (Å²) in [7, 11) is 1.70. The number of hydrogen-bond acceptors (Lipinski definition) is 5. The number of nitrogens with one attached hydrogen (secondary N) is 1. The van der Waals surface area contributed by atoms with Crippen molar-refractivity contribution in [2.24, 2.45) is 0 Å². The van der Waals surface area contributed by atoms with Gasteiger partial charge in [-0.1, -0.05) is 48.5 Å². The summed E-state index contributed by atoms with van der Waals surface area (Å²) in [5, 5.41) is 15.5. The van der Waals surface area contributed by atoms with Crippen LogP contribution in [-0.2, 0) is 13.0 Å². The third-order valence-electron chi connectivity index (χ3n) is 4.56. The largest absolute Gasteiger partial charge is 0.496 e. The molecule has 0 radical (unpaired) electrons. The van der Waals surface area contributed by atoms with Gasteiger partial charge in [-0.15, -0.1) is 5.10 Å². The second kappa shape index (κ2) is 7.97. The molecule has 2 aromatic heterocycles. The summed E-state index contributed by atoms with van der Waals surface area (Å²) in [4.78, 5) is 0. The number of tetrazole rings is 1. The van der Waals surface area contributed by atoms with E-state index in [0.717, 1.165) is 41.1 Å². The van der Waals surface area contributed by atoms with Crippen molar-refractivity contribution < 1.29 is 4.74 Å². The van der Waals surface area contributed by atoms with Crippen molar-refractivity contribution >= 4 is 5.65 Å². The van der Waals surface area contributed by atoms with E-state index >= 15 is 0 Å². The van der Waals surface area contributed by atoms with Gasteiger partial charge in [0.2, 0.25) is 0 Å². The summed E-state index contributed by atoms with van der Waals surface area (Å²) in [5.74, 6) is 0.925. The predicted octanol–water partition coefficient (Wildman–Crippen LogP) is 3.13. The van der Waals surface area contributed by atoms with Crippen molar-refractivity contribution in [2.45, 2.75) is 13.0 Å². The molecule has 0 spiro atoms. The van der Waals surface area contributed by atoms with E-state index in [9.17, 15) is 0 Å². The van der Waals surface area contributed by atoms with Crippen LogP contribution < -0.4 is 10.1 Å². The van der Waals surface area contributed by atoms with E-state index in [-0.39, 0.29) is 0 Å². The van der Waals surface area contributed by atoms with Crippen LogP contribution in [0.1, 0.15) is 11.1 Å². The van der Waals surface area contributed by atoms with E-state index in [1.807, 2.05) is 42.6 Å². The summed E-state index contributed by atoms with van der Waals surface area (Å²) < 4.78 is 7.15. The molecule has 0 amide bonds. The smallest absolute Gasteiger partial charge is 0.183 e. The Morgan fingerprint density at radius 2 is 1.78 bits per heavy atom. The maximum Gasteiger partial charge on any atom is 0.183 e. The topological polar surface area (TPSA) is 64.3 Å². The number of para-hydroxylation sites is 1. The number of ether oxygens (including phenoxy) is 1. The highest BCUT2D eigenvalue weighted by Gasteiger charge is 2.09. The van der Waals surface area contributed by atoms with Gasteiger partial charge in [0, 0.05) is 23.9 Å². The Balaban J connectivity index is 1.49. The van der Waals surface area contributed by atoms with Crippen LogP contribution in [0.5, 0.6) is 5.75 Å². The van der Waals surface area contributed by atoms with Crippen LogP contribution >= 0.6 is 0 Å². The third kappa shape index (κ3) is 3.80. The fourth-order valence-electron chi connectivity index (χ4n) is 3.19. The number of pyridine rings is 1. The van der Waals surface area contributed by atoms with Gasteiger partial charge in [-0.3, -0.25) is 0 Å². The summed E-state index contributed by atoms with van der Waals surface area (Å²) in [6, 6.07) is 20.5. The lowest BCUT2D eigenvalue weighted by molar-refractivity contribution is 0.409. The molecule has 6 heteroatoms. The zero-order valence-electron chi connectivity index (χ0n) is 15.2. The standard InChI is InChI=1S/C21H21N5O/c1-27-20-10-6-5-9-17(20)11-12-22-14-18-13-19(16-7-3-2-4-8-16)15-26-21(18)23-24-25-26/h2-10,13,15,22H,11-12,14H2,1H3. The van der Waals surface area contributed by atoms with E-state index in [2.05, 4.69) is 45.1 Å². The maximum atomic E-state index is 5.41.